The highest BCUT2D eigenvalue weighted by Gasteiger charge is 2.50. The minimum Gasteiger partial charge on any atom is -0.316 e. The van der Waals surface area contributed by atoms with E-state index in [1.165, 1.54) is 0 Å². The number of amides is 1. The highest BCUT2D eigenvalue weighted by atomic mass is 32.2. The van der Waals surface area contributed by atoms with Crippen LogP contribution in [0.3, 0.4) is 0 Å². The van der Waals surface area contributed by atoms with E-state index in [2.05, 4.69) is 4.99 Å². The van der Waals surface area contributed by atoms with Crippen LogP contribution >= 0.6 is 11.8 Å². The molecular weight excluding hydrogens is 458 g/mol. The summed E-state index contributed by atoms with van der Waals surface area (Å²) >= 11 is 0.900. The van der Waals surface area contributed by atoms with Crippen LogP contribution in [0.5, 0.6) is 0 Å². The van der Waals surface area contributed by atoms with Crippen molar-refractivity contribution in [3.05, 3.63) is 29.3 Å². The lowest BCUT2D eigenvalue weighted by Gasteiger charge is -2.26. The number of thioether (sulfide) groups is 1. The van der Waals surface area contributed by atoms with Gasteiger partial charge in [-0.3, -0.25) is 4.79 Å². The van der Waals surface area contributed by atoms with Crippen LogP contribution in [0.15, 0.2) is 23.2 Å². The lowest BCUT2D eigenvalue weighted by atomic mass is 10.1. The zero-order chi connectivity index (χ0) is 22.1. The van der Waals surface area contributed by atoms with Crippen molar-refractivity contribution in [3.8, 4) is 0 Å². The Kier molecular flexibility index (Phi) is 4.92. The third-order valence-electron chi connectivity index (χ3n) is 5.05. The highest BCUT2D eigenvalue weighted by Crippen LogP contribution is 2.45. The van der Waals surface area contributed by atoms with Crippen molar-refractivity contribution in [1.82, 2.24) is 0 Å². The van der Waals surface area contributed by atoms with Gasteiger partial charge in [0, 0.05) is 16.9 Å². The van der Waals surface area contributed by atoms with Gasteiger partial charge in [0.05, 0.1) is 28.7 Å². The molecule has 30 heavy (non-hydrogen) atoms. The van der Waals surface area contributed by atoms with Crippen molar-refractivity contribution < 1.29 is 39.6 Å². The zero-order valence-corrected chi connectivity index (χ0v) is 16.6. The molecular formula is C17H14F6N2O3S2. The summed E-state index contributed by atoms with van der Waals surface area (Å²) in [6.45, 7) is 0. The van der Waals surface area contributed by atoms with Gasteiger partial charge in [-0.25, -0.2) is 8.42 Å². The van der Waals surface area contributed by atoms with Gasteiger partial charge in [0.15, 0.2) is 15.0 Å². The van der Waals surface area contributed by atoms with Crippen molar-refractivity contribution in [2.45, 2.75) is 36.5 Å². The maximum Gasteiger partial charge on any atom is 0.416 e. The molecule has 1 saturated carbocycles. The molecule has 0 aromatic heterocycles. The maximum atomic E-state index is 13.3. The molecule has 164 valence electrons. The molecule has 3 aliphatic rings. The van der Waals surface area contributed by atoms with Gasteiger partial charge in [-0.1, -0.05) is 11.8 Å². The van der Waals surface area contributed by atoms with Gasteiger partial charge in [-0.15, -0.1) is 0 Å². The first-order valence-corrected chi connectivity index (χ1v) is 11.5. The lowest BCUT2D eigenvalue weighted by molar-refractivity contribution is -0.143. The average Bonchev–Trinajstić information content (AvgIpc) is 3.33. The van der Waals surface area contributed by atoms with E-state index in [-0.39, 0.29) is 22.9 Å². The van der Waals surface area contributed by atoms with Gasteiger partial charge in [-0.05, 0) is 31.0 Å². The number of rotatable bonds is 2. The molecule has 1 aromatic rings. The lowest BCUT2D eigenvalue weighted by Crippen LogP contribution is -2.38. The first-order valence-electron chi connectivity index (χ1n) is 8.83. The summed E-state index contributed by atoms with van der Waals surface area (Å²) in [6, 6.07) is 0.151. The van der Waals surface area contributed by atoms with Crippen molar-refractivity contribution in [2.24, 2.45) is 10.9 Å². The Bertz CT molecular complexity index is 999. The molecule has 3 fully saturated rings. The van der Waals surface area contributed by atoms with Gasteiger partial charge < -0.3 is 4.90 Å². The number of anilines is 1. The third kappa shape index (κ3) is 4.18. The Hall–Kier alpha value is -1.76. The van der Waals surface area contributed by atoms with Crippen molar-refractivity contribution in [3.63, 3.8) is 0 Å². The van der Waals surface area contributed by atoms with Crippen LogP contribution in [0.1, 0.15) is 24.0 Å². The Morgan fingerprint density at radius 2 is 1.57 bits per heavy atom. The van der Waals surface area contributed by atoms with E-state index in [0.717, 1.165) is 16.7 Å². The number of aliphatic imine (C=N–C) groups is 1. The van der Waals surface area contributed by atoms with E-state index >= 15 is 0 Å². The second-order valence-electron chi connectivity index (χ2n) is 7.44. The molecule has 2 saturated heterocycles. The van der Waals surface area contributed by atoms with Gasteiger partial charge in [0.2, 0.25) is 0 Å². The average molecular weight is 472 g/mol. The number of hydrogen-bond donors (Lipinski definition) is 0. The van der Waals surface area contributed by atoms with Crippen molar-refractivity contribution in [2.75, 3.05) is 16.4 Å². The first kappa shape index (κ1) is 21.5. The molecule has 1 aliphatic carbocycles. The molecule has 0 spiro atoms. The number of hydrogen-bond acceptors (Lipinski definition) is 4. The summed E-state index contributed by atoms with van der Waals surface area (Å²) in [7, 11) is -3.53. The van der Waals surface area contributed by atoms with Crippen LogP contribution in [0.2, 0.25) is 0 Å². The molecule has 2 heterocycles. The van der Waals surface area contributed by atoms with Crippen molar-refractivity contribution >= 4 is 38.4 Å². The van der Waals surface area contributed by atoms with Crippen molar-refractivity contribution in [1.29, 1.82) is 0 Å². The molecule has 1 amide bonds. The minimum absolute atomic E-state index is 0.00174. The summed E-state index contributed by atoms with van der Waals surface area (Å²) in [5.74, 6) is -1.55. The second-order valence-corrected chi connectivity index (χ2v) is 10.8. The SMILES string of the molecule is O=C(N=C1S[C@@H]2CS(=O)(=O)C[C@@H]2N1c1cc(C(F)(F)F)cc(C(F)(F)F)c1)C1CC1. The van der Waals surface area contributed by atoms with Gasteiger partial charge in [0.25, 0.3) is 5.91 Å². The standard InChI is InChI=1S/C17H14F6N2O3S2/c18-16(19,20)9-3-10(17(21,22)23)5-11(4-9)25-12-6-30(27,28)7-13(12)29-15(25)24-14(26)8-1-2-8/h3-5,8,12-13H,1-2,6-7H2/t12-,13+/m0/s1. The van der Waals surface area contributed by atoms with Crippen LogP contribution in [0.4, 0.5) is 32.0 Å². The van der Waals surface area contributed by atoms with E-state index in [0.29, 0.717) is 25.0 Å². The Balaban J connectivity index is 1.84. The molecule has 1 aromatic carbocycles. The normalized spacial score (nSPS) is 27.5. The number of carbonyl (C=O) groups is 1. The smallest absolute Gasteiger partial charge is 0.316 e. The molecule has 2 aliphatic heterocycles. The molecule has 0 bridgehead atoms. The predicted molar refractivity (Wildman–Crippen MR) is 97.9 cm³/mol. The second kappa shape index (κ2) is 6.87. The largest absolute Gasteiger partial charge is 0.416 e. The quantitative estimate of drug-likeness (QED) is 0.614. The number of alkyl halides is 6. The topological polar surface area (TPSA) is 66.8 Å². The molecule has 0 unspecified atom stereocenters. The monoisotopic (exact) mass is 472 g/mol. The highest BCUT2D eigenvalue weighted by molar-refractivity contribution is 8.16. The fourth-order valence-electron chi connectivity index (χ4n) is 3.46. The minimum atomic E-state index is -5.05. The molecule has 5 nitrogen and oxygen atoms in total. The van der Waals surface area contributed by atoms with Crippen LogP contribution in [0.25, 0.3) is 0 Å². The summed E-state index contributed by atoms with van der Waals surface area (Å²) in [6.07, 6.45) is -8.87. The Labute approximate surface area is 171 Å². The number of benzene rings is 1. The predicted octanol–water partition coefficient (Wildman–Crippen LogP) is 3.74. The molecule has 4 rings (SSSR count). The van der Waals surface area contributed by atoms with Crippen LogP contribution in [-0.4, -0.2) is 42.3 Å². The van der Waals surface area contributed by atoms with Gasteiger partial charge in [-0.2, -0.15) is 31.3 Å². The molecule has 0 radical (unpaired) electrons. The fraction of sp³-hybridized carbons (Fsp3) is 0.529. The number of nitrogens with zero attached hydrogens (tertiary/aromatic N) is 2. The van der Waals surface area contributed by atoms with Gasteiger partial charge >= 0.3 is 12.4 Å². The summed E-state index contributed by atoms with van der Waals surface area (Å²) in [5, 5.41) is -0.700. The number of carbonyl (C=O) groups excluding carboxylic acids is 1. The fourth-order valence-corrected chi connectivity index (χ4v) is 7.38. The molecule has 2 atom stereocenters. The van der Waals surface area contributed by atoms with Crippen LogP contribution < -0.4 is 4.90 Å². The maximum absolute atomic E-state index is 13.3. The summed E-state index contributed by atoms with van der Waals surface area (Å²) in [5.41, 5.74) is -3.53. The number of amidine groups is 1. The van der Waals surface area contributed by atoms with E-state index < -0.39 is 62.0 Å². The summed E-state index contributed by atoms with van der Waals surface area (Å²) in [4.78, 5) is 17.1. The van der Waals surface area contributed by atoms with Crippen LogP contribution in [-0.2, 0) is 27.0 Å². The van der Waals surface area contributed by atoms with E-state index in [9.17, 15) is 39.6 Å². The number of fused-ring (bicyclic) bond motifs is 1. The van der Waals surface area contributed by atoms with E-state index in [1.54, 1.807) is 0 Å². The number of sulfone groups is 1. The Morgan fingerprint density at radius 3 is 2.07 bits per heavy atom. The van der Waals surface area contributed by atoms with E-state index in [4.69, 9.17) is 0 Å². The third-order valence-corrected chi connectivity index (χ3v) is 8.26. The van der Waals surface area contributed by atoms with E-state index in [1.807, 2.05) is 0 Å². The first-order chi connectivity index (χ1) is 13.7. The molecule has 0 N–H and O–H groups in total. The Morgan fingerprint density at radius 1 is 1.00 bits per heavy atom. The zero-order valence-electron chi connectivity index (χ0n) is 15.0. The molecule has 13 heteroatoms. The van der Waals surface area contributed by atoms with Gasteiger partial charge in [0.1, 0.15) is 0 Å². The number of halogens is 6. The summed E-state index contributed by atoms with van der Waals surface area (Å²) < 4.78 is 104. The van der Waals surface area contributed by atoms with Crippen LogP contribution in [0, 0.1) is 5.92 Å².